The lowest BCUT2D eigenvalue weighted by Gasteiger charge is -2.26. The van der Waals surface area contributed by atoms with Crippen LogP contribution in [-0.2, 0) is 28.8 Å². The molecule has 0 bridgehead atoms. The van der Waals surface area contributed by atoms with Crippen LogP contribution in [-0.4, -0.2) is 87.8 Å². The van der Waals surface area contributed by atoms with Gasteiger partial charge in [0.1, 0.15) is 24.2 Å². The van der Waals surface area contributed by atoms with E-state index >= 15 is 0 Å². The van der Waals surface area contributed by atoms with Crippen LogP contribution in [0.5, 0.6) is 0 Å². The van der Waals surface area contributed by atoms with Gasteiger partial charge in [-0.05, 0) is 45.6 Å². The summed E-state index contributed by atoms with van der Waals surface area (Å²) in [4.78, 5) is 73.3. The molecule has 0 aliphatic rings. The Hall–Kier alpha value is -2.75. The smallest absolute Gasteiger partial charge is 0.305 e. The SMILES string of the molecule is CC[C@H](C)[C@H](N)C(=O)N[C@H](C(=O)N[C@@H](C)C(=O)N[C@@H](CCCCN)C(=O)N[C@@H](CC(=O)O)C(=O)S)[C@@H](C)O. The maximum absolute atomic E-state index is 12.8. The molecule has 4 amide bonds. The number of carbonyl (C=O) groups is 6. The topological polar surface area (TPSA) is 243 Å². The fourth-order valence-electron chi connectivity index (χ4n) is 3.24. The van der Waals surface area contributed by atoms with Crippen LogP contribution in [0.4, 0.5) is 0 Å². The lowest BCUT2D eigenvalue weighted by molar-refractivity contribution is -0.139. The van der Waals surface area contributed by atoms with Crippen LogP contribution in [0.25, 0.3) is 0 Å². The summed E-state index contributed by atoms with van der Waals surface area (Å²) in [5.74, 6) is -4.57. The summed E-state index contributed by atoms with van der Waals surface area (Å²) < 4.78 is 0. The minimum atomic E-state index is -1.41. The molecule has 0 spiro atoms. The predicted molar refractivity (Wildman–Crippen MR) is 142 cm³/mol. The number of amides is 4. The summed E-state index contributed by atoms with van der Waals surface area (Å²) >= 11 is 3.60. The minimum Gasteiger partial charge on any atom is -0.481 e. The average molecular weight is 563 g/mol. The van der Waals surface area contributed by atoms with Crippen molar-refractivity contribution in [1.29, 1.82) is 0 Å². The number of nitrogens with one attached hydrogen (secondary N) is 4. The molecule has 0 aliphatic carbocycles. The number of nitrogens with two attached hydrogens (primary N) is 2. The van der Waals surface area contributed by atoms with Crippen molar-refractivity contribution >= 4 is 47.3 Å². The Bertz CT molecular complexity index is 843. The predicted octanol–water partition coefficient (Wildman–Crippen LogP) is -2.24. The van der Waals surface area contributed by atoms with Crippen molar-refractivity contribution in [3.8, 4) is 0 Å². The number of hydrogen-bond donors (Lipinski definition) is 9. The van der Waals surface area contributed by atoms with Crippen LogP contribution < -0.4 is 32.7 Å². The molecular weight excluding hydrogens is 520 g/mol. The molecule has 0 saturated heterocycles. The molecule has 7 atom stereocenters. The van der Waals surface area contributed by atoms with Gasteiger partial charge in [-0.2, -0.15) is 0 Å². The van der Waals surface area contributed by atoms with Crippen LogP contribution in [0.1, 0.15) is 59.8 Å². The number of thiol groups is 1. The highest BCUT2D eigenvalue weighted by molar-refractivity contribution is 7.96. The number of carbonyl (C=O) groups excluding carboxylic acids is 5. The largest absolute Gasteiger partial charge is 0.481 e. The van der Waals surface area contributed by atoms with Gasteiger partial charge in [-0.3, -0.25) is 28.8 Å². The normalized spacial score (nSPS) is 16.5. The number of aliphatic carboxylic acids is 1. The average Bonchev–Trinajstić information content (AvgIpc) is 2.84. The summed E-state index contributed by atoms with van der Waals surface area (Å²) in [6.45, 7) is 6.57. The fraction of sp³-hybridized carbons (Fsp3) is 0.739. The maximum atomic E-state index is 12.8. The Labute approximate surface area is 227 Å². The van der Waals surface area contributed by atoms with Crippen molar-refractivity contribution < 1.29 is 39.0 Å². The fourth-order valence-corrected chi connectivity index (χ4v) is 3.40. The lowest BCUT2D eigenvalue weighted by Crippen LogP contribution is -2.60. The Kier molecular flexibility index (Phi) is 16.4. The number of carboxylic acids is 1. The van der Waals surface area contributed by atoms with E-state index in [1.165, 1.54) is 13.8 Å². The summed E-state index contributed by atoms with van der Waals surface area (Å²) in [6.07, 6.45) is -0.299. The van der Waals surface area contributed by atoms with Crippen molar-refractivity contribution in [1.82, 2.24) is 21.3 Å². The summed E-state index contributed by atoms with van der Waals surface area (Å²) in [5, 5.41) is 27.6. The highest BCUT2D eigenvalue weighted by atomic mass is 32.1. The molecule has 0 aromatic heterocycles. The van der Waals surface area contributed by atoms with Gasteiger partial charge < -0.3 is 42.9 Å². The molecule has 0 radical (unpaired) electrons. The van der Waals surface area contributed by atoms with Crippen LogP contribution in [0.3, 0.4) is 0 Å². The van der Waals surface area contributed by atoms with Gasteiger partial charge in [0.05, 0.1) is 18.6 Å². The number of aliphatic hydroxyl groups excluding tert-OH is 1. The van der Waals surface area contributed by atoms with E-state index in [4.69, 9.17) is 16.6 Å². The first-order chi connectivity index (χ1) is 17.7. The van der Waals surface area contributed by atoms with E-state index in [1.54, 1.807) is 6.92 Å². The molecule has 0 aliphatic heterocycles. The summed E-state index contributed by atoms with van der Waals surface area (Å²) in [7, 11) is 0. The van der Waals surface area contributed by atoms with Crippen LogP contribution >= 0.6 is 12.6 Å². The van der Waals surface area contributed by atoms with Crippen molar-refractivity contribution in [2.45, 2.75) is 96.1 Å². The van der Waals surface area contributed by atoms with Crippen molar-refractivity contribution in [3.05, 3.63) is 0 Å². The van der Waals surface area contributed by atoms with E-state index in [1.807, 2.05) is 6.92 Å². The van der Waals surface area contributed by atoms with Gasteiger partial charge in [0.2, 0.25) is 28.7 Å². The molecule has 0 heterocycles. The third-order valence-electron chi connectivity index (χ3n) is 5.95. The van der Waals surface area contributed by atoms with Crippen LogP contribution in [0, 0.1) is 5.92 Å². The molecule has 10 N–H and O–H groups in total. The second kappa shape index (κ2) is 17.7. The Morgan fingerprint density at radius 2 is 1.42 bits per heavy atom. The molecule has 0 fully saturated rings. The molecular formula is C23H42N6O8S. The molecule has 0 unspecified atom stereocenters. The summed E-state index contributed by atoms with van der Waals surface area (Å²) in [6, 6.07) is -6.08. The molecule has 0 aromatic carbocycles. The monoisotopic (exact) mass is 562 g/mol. The van der Waals surface area contributed by atoms with Gasteiger partial charge >= 0.3 is 5.97 Å². The second-order valence-electron chi connectivity index (χ2n) is 9.21. The Morgan fingerprint density at radius 3 is 1.89 bits per heavy atom. The lowest BCUT2D eigenvalue weighted by atomic mass is 9.98. The zero-order chi connectivity index (χ0) is 29.6. The first-order valence-corrected chi connectivity index (χ1v) is 12.9. The molecule has 0 rings (SSSR count). The first-order valence-electron chi connectivity index (χ1n) is 12.5. The standard InChI is InChI=1S/C23H42N6O8S/c1-5-11(2)17(25)21(35)29-18(13(4)30)22(36)26-12(3)19(33)27-14(8-6-7-9-24)20(34)28-15(23(37)38)10-16(31)32/h11-15,17-18,30H,5-10,24-25H2,1-4H3,(H,26,36)(H,27,33)(H,28,34)(H,29,35)(H,31,32)(H,37,38)/t11-,12-,13+,14-,15-,17-,18-/m0/s1. The van der Waals surface area contributed by atoms with Crippen molar-refractivity contribution in [2.24, 2.45) is 17.4 Å². The zero-order valence-electron chi connectivity index (χ0n) is 22.2. The van der Waals surface area contributed by atoms with Gasteiger partial charge in [-0.25, -0.2) is 0 Å². The second-order valence-corrected chi connectivity index (χ2v) is 9.65. The van der Waals surface area contributed by atoms with Gasteiger partial charge in [0.25, 0.3) is 0 Å². The molecule has 0 aromatic rings. The summed E-state index contributed by atoms with van der Waals surface area (Å²) in [5.41, 5.74) is 11.4. The number of aliphatic hydroxyl groups is 1. The number of rotatable bonds is 18. The third kappa shape index (κ3) is 12.7. The van der Waals surface area contributed by atoms with E-state index in [0.717, 1.165) is 0 Å². The van der Waals surface area contributed by atoms with E-state index in [-0.39, 0.29) is 12.3 Å². The molecule has 14 nitrogen and oxygen atoms in total. The minimum absolute atomic E-state index is 0.121. The number of hydrogen-bond acceptors (Lipinski definition) is 9. The van der Waals surface area contributed by atoms with E-state index in [0.29, 0.717) is 25.8 Å². The third-order valence-corrected chi connectivity index (χ3v) is 6.26. The highest BCUT2D eigenvalue weighted by Gasteiger charge is 2.32. The van der Waals surface area contributed by atoms with Gasteiger partial charge in [-0.1, -0.05) is 20.3 Å². The molecule has 38 heavy (non-hydrogen) atoms. The van der Waals surface area contributed by atoms with Gasteiger partial charge in [0, 0.05) is 0 Å². The number of carboxylic acid groups (broad SMARTS) is 1. The van der Waals surface area contributed by atoms with Crippen molar-refractivity contribution in [3.63, 3.8) is 0 Å². The van der Waals surface area contributed by atoms with Crippen molar-refractivity contribution in [2.75, 3.05) is 6.54 Å². The zero-order valence-corrected chi connectivity index (χ0v) is 23.1. The van der Waals surface area contributed by atoms with Gasteiger partial charge in [0.15, 0.2) is 0 Å². The van der Waals surface area contributed by atoms with Crippen LogP contribution in [0.15, 0.2) is 0 Å². The van der Waals surface area contributed by atoms with E-state index in [2.05, 4.69) is 33.9 Å². The molecule has 15 heteroatoms. The first kappa shape index (κ1) is 35.2. The van der Waals surface area contributed by atoms with E-state index < -0.39 is 77.4 Å². The number of unbranched alkanes of at least 4 members (excludes halogenated alkanes) is 1. The quantitative estimate of drug-likeness (QED) is 0.0642. The van der Waals surface area contributed by atoms with E-state index in [9.17, 15) is 33.9 Å². The Balaban J connectivity index is 5.42. The molecule has 0 saturated carbocycles. The molecule has 218 valence electrons. The Morgan fingerprint density at radius 1 is 0.842 bits per heavy atom. The maximum Gasteiger partial charge on any atom is 0.305 e. The van der Waals surface area contributed by atoms with Crippen LogP contribution in [0.2, 0.25) is 0 Å². The highest BCUT2D eigenvalue weighted by Crippen LogP contribution is 2.07. The van der Waals surface area contributed by atoms with Gasteiger partial charge in [-0.15, -0.1) is 12.6 Å².